The van der Waals surface area contributed by atoms with Gasteiger partial charge < -0.3 is 5.32 Å². The highest BCUT2D eigenvalue weighted by Gasteiger charge is 2.25. The second kappa shape index (κ2) is 7.55. The minimum Gasteiger partial charge on any atom is -0.332 e. The van der Waals surface area contributed by atoms with Gasteiger partial charge in [0.15, 0.2) is 0 Å². The number of benzene rings is 1. The Labute approximate surface area is 133 Å². The molecule has 0 aliphatic carbocycles. The molecule has 2 rings (SSSR count). The average molecular weight is 333 g/mol. The largest absolute Gasteiger partial charge is 0.332 e. The summed E-state index contributed by atoms with van der Waals surface area (Å²) < 4.78 is 0. The summed E-state index contributed by atoms with van der Waals surface area (Å²) in [6.07, 6.45) is 2.67. The van der Waals surface area contributed by atoms with Crippen LogP contribution in [0.5, 0.6) is 0 Å². The predicted molar refractivity (Wildman–Crippen MR) is 86.1 cm³/mol. The zero-order valence-electron chi connectivity index (χ0n) is 11.3. The summed E-state index contributed by atoms with van der Waals surface area (Å²) in [4.78, 5) is 11.7. The highest BCUT2D eigenvalue weighted by Crippen LogP contribution is 2.26. The van der Waals surface area contributed by atoms with E-state index in [1.807, 2.05) is 12.1 Å². The SMILES string of the molecule is CCCC1CC(=O)NC(SCc2ccc(Cl)c(Cl)c2)N1. The maximum atomic E-state index is 11.7. The van der Waals surface area contributed by atoms with Gasteiger partial charge in [-0.2, -0.15) is 0 Å². The van der Waals surface area contributed by atoms with E-state index in [0.717, 1.165) is 24.2 Å². The third kappa shape index (κ3) is 4.55. The smallest absolute Gasteiger partial charge is 0.223 e. The number of rotatable bonds is 5. The standard InChI is InChI=1S/C14H18Cl2N2OS/c1-2-3-10-7-13(19)18-14(17-10)20-8-9-4-5-11(15)12(16)6-9/h4-6,10,14,17H,2-3,7-8H2,1H3,(H,18,19). The quantitative estimate of drug-likeness (QED) is 0.861. The number of carbonyl (C=O) groups is 1. The Morgan fingerprint density at radius 1 is 1.35 bits per heavy atom. The van der Waals surface area contributed by atoms with Crippen molar-refractivity contribution in [3.8, 4) is 0 Å². The lowest BCUT2D eigenvalue weighted by atomic mass is 10.1. The van der Waals surface area contributed by atoms with E-state index in [1.165, 1.54) is 0 Å². The molecular weight excluding hydrogens is 315 g/mol. The van der Waals surface area contributed by atoms with E-state index in [-0.39, 0.29) is 17.4 Å². The first-order chi connectivity index (χ1) is 9.58. The Kier molecular flexibility index (Phi) is 6.02. The summed E-state index contributed by atoms with van der Waals surface area (Å²) in [6.45, 7) is 2.13. The van der Waals surface area contributed by atoms with E-state index in [2.05, 4.69) is 17.6 Å². The lowest BCUT2D eigenvalue weighted by Crippen LogP contribution is -2.54. The summed E-state index contributed by atoms with van der Waals surface area (Å²) in [5.41, 5.74) is 1.06. The van der Waals surface area contributed by atoms with Gasteiger partial charge in [0.05, 0.1) is 10.0 Å². The molecule has 2 atom stereocenters. The molecule has 0 spiro atoms. The monoisotopic (exact) mass is 332 g/mol. The fraction of sp³-hybridized carbons (Fsp3) is 0.500. The van der Waals surface area contributed by atoms with Crippen LogP contribution >= 0.6 is 35.0 Å². The van der Waals surface area contributed by atoms with Gasteiger partial charge in [-0.25, -0.2) is 0 Å². The Morgan fingerprint density at radius 2 is 2.15 bits per heavy atom. The maximum Gasteiger partial charge on any atom is 0.223 e. The van der Waals surface area contributed by atoms with Crippen LogP contribution < -0.4 is 10.6 Å². The molecule has 1 aromatic carbocycles. The van der Waals surface area contributed by atoms with Crippen LogP contribution in [-0.4, -0.2) is 17.4 Å². The highest BCUT2D eigenvalue weighted by atomic mass is 35.5. The van der Waals surface area contributed by atoms with Gasteiger partial charge in [0.1, 0.15) is 5.50 Å². The van der Waals surface area contributed by atoms with Crippen LogP contribution in [0.1, 0.15) is 31.7 Å². The van der Waals surface area contributed by atoms with Crippen molar-refractivity contribution in [2.24, 2.45) is 0 Å². The second-order valence-electron chi connectivity index (χ2n) is 4.86. The molecule has 3 nitrogen and oxygen atoms in total. The fourth-order valence-corrected chi connectivity index (χ4v) is 3.54. The van der Waals surface area contributed by atoms with E-state index in [1.54, 1.807) is 17.8 Å². The summed E-state index contributed by atoms with van der Waals surface area (Å²) in [5.74, 6) is 0.891. The van der Waals surface area contributed by atoms with Crippen molar-refractivity contribution >= 4 is 40.9 Å². The second-order valence-corrected chi connectivity index (χ2v) is 6.77. The van der Waals surface area contributed by atoms with E-state index < -0.39 is 0 Å². The van der Waals surface area contributed by atoms with Crippen molar-refractivity contribution in [2.45, 2.75) is 43.5 Å². The average Bonchev–Trinajstić information content (AvgIpc) is 2.40. The summed E-state index contributed by atoms with van der Waals surface area (Å²) in [6, 6.07) is 5.90. The normalized spacial score (nSPS) is 22.6. The van der Waals surface area contributed by atoms with Gasteiger partial charge in [-0.15, -0.1) is 11.8 Å². The molecule has 6 heteroatoms. The molecule has 110 valence electrons. The molecule has 1 heterocycles. The van der Waals surface area contributed by atoms with Crippen molar-refractivity contribution in [1.82, 2.24) is 10.6 Å². The summed E-state index contributed by atoms with van der Waals surface area (Å²) in [7, 11) is 0. The highest BCUT2D eigenvalue weighted by molar-refractivity contribution is 7.99. The number of halogens is 2. The molecule has 1 fully saturated rings. The zero-order valence-corrected chi connectivity index (χ0v) is 13.6. The van der Waals surface area contributed by atoms with Crippen LogP contribution in [0.25, 0.3) is 0 Å². The molecule has 2 unspecified atom stereocenters. The van der Waals surface area contributed by atoms with Gasteiger partial charge in [-0.1, -0.05) is 42.6 Å². The Bertz CT molecular complexity index is 484. The third-order valence-electron chi connectivity index (χ3n) is 3.15. The molecular formula is C14H18Cl2N2OS. The van der Waals surface area contributed by atoms with Gasteiger partial charge in [-0.05, 0) is 24.1 Å². The van der Waals surface area contributed by atoms with Crippen molar-refractivity contribution in [2.75, 3.05) is 0 Å². The van der Waals surface area contributed by atoms with Crippen LogP contribution in [0.4, 0.5) is 0 Å². The van der Waals surface area contributed by atoms with Crippen LogP contribution in [0, 0.1) is 0 Å². The molecule has 1 saturated heterocycles. The molecule has 0 saturated carbocycles. The third-order valence-corrected chi connectivity index (χ3v) is 4.98. The van der Waals surface area contributed by atoms with Crippen molar-refractivity contribution in [3.63, 3.8) is 0 Å². The van der Waals surface area contributed by atoms with Crippen molar-refractivity contribution in [3.05, 3.63) is 33.8 Å². The molecule has 2 N–H and O–H groups in total. The number of hydrogen-bond donors (Lipinski definition) is 2. The molecule has 1 amide bonds. The number of nitrogens with one attached hydrogen (secondary N) is 2. The van der Waals surface area contributed by atoms with Crippen LogP contribution in [0.3, 0.4) is 0 Å². The molecule has 20 heavy (non-hydrogen) atoms. The molecule has 0 aromatic heterocycles. The lowest BCUT2D eigenvalue weighted by molar-refractivity contribution is -0.123. The van der Waals surface area contributed by atoms with E-state index in [4.69, 9.17) is 23.2 Å². The molecule has 0 radical (unpaired) electrons. The first-order valence-corrected chi connectivity index (χ1v) is 8.50. The Balaban J connectivity index is 1.89. The zero-order chi connectivity index (χ0) is 14.5. The minimum absolute atomic E-state index is 0.0396. The van der Waals surface area contributed by atoms with Gasteiger partial charge in [-0.3, -0.25) is 10.1 Å². The summed E-state index contributed by atoms with van der Waals surface area (Å²) in [5, 5.41) is 7.53. The van der Waals surface area contributed by atoms with Gasteiger partial charge in [0.2, 0.25) is 5.91 Å². The first kappa shape index (κ1) is 16.0. The summed E-state index contributed by atoms with van der Waals surface area (Å²) >= 11 is 13.5. The van der Waals surface area contributed by atoms with Gasteiger partial charge in [0.25, 0.3) is 0 Å². The van der Waals surface area contributed by atoms with Gasteiger partial charge in [0, 0.05) is 18.2 Å². The van der Waals surface area contributed by atoms with Crippen molar-refractivity contribution in [1.29, 1.82) is 0 Å². The van der Waals surface area contributed by atoms with Crippen LogP contribution in [-0.2, 0) is 10.5 Å². The fourth-order valence-electron chi connectivity index (χ4n) is 2.18. The Morgan fingerprint density at radius 3 is 2.85 bits per heavy atom. The number of amides is 1. The molecule has 1 aliphatic heterocycles. The van der Waals surface area contributed by atoms with Crippen molar-refractivity contribution < 1.29 is 4.79 Å². The maximum absolute atomic E-state index is 11.7. The lowest BCUT2D eigenvalue weighted by Gasteiger charge is -2.31. The number of thioether (sulfide) groups is 1. The van der Waals surface area contributed by atoms with E-state index >= 15 is 0 Å². The predicted octanol–water partition coefficient (Wildman–Crippen LogP) is 3.79. The topological polar surface area (TPSA) is 41.1 Å². The molecule has 0 bridgehead atoms. The number of carbonyl (C=O) groups excluding carboxylic acids is 1. The van der Waals surface area contributed by atoms with E-state index in [0.29, 0.717) is 16.5 Å². The van der Waals surface area contributed by atoms with Crippen LogP contribution in [0.2, 0.25) is 10.0 Å². The minimum atomic E-state index is -0.0396. The molecule has 1 aliphatic rings. The van der Waals surface area contributed by atoms with E-state index in [9.17, 15) is 4.79 Å². The van der Waals surface area contributed by atoms with Crippen LogP contribution in [0.15, 0.2) is 18.2 Å². The number of hydrogen-bond acceptors (Lipinski definition) is 3. The first-order valence-electron chi connectivity index (χ1n) is 6.69. The Hall–Kier alpha value is -0.420. The molecule has 1 aromatic rings. The van der Waals surface area contributed by atoms with Gasteiger partial charge >= 0.3 is 0 Å².